The van der Waals surface area contributed by atoms with Crippen LogP contribution in [0.1, 0.15) is 69.2 Å². The van der Waals surface area contributed by atoms with Crippen LogP contribution in [0, 0.1) is 6.92 Å². The molecule has 0 saturated heterocycles. The molecule has 9 heteroatoms. The number of benzene rings is 2. The second-order valence-electron chi connectivity index (χ2n) is 10.7. The largest absolute Gasteiger partial charge is 0.444 e. The first-order valence-electron chi connectivity index (χ1n) is 12.9. The summed E-state index contributed by atoms with van der Waals surface area (Å²) < 4.78 is 5.32. The van der Waals surface area contributed by atoms with Crippen LogP contribution in [0.25, 0.3) is 0 Å². The van der Waals surface area contributed by atoms with Crippen LogP contribution < -0.4 is 16.4 Å². The van der Waals surface area contributed by atoms with Crippen molar-refractivity contribution in [1.29, 1.82) is 0 Å². The number of ether oxygens (including phenoxy) is 1. The van der Waals surface area contributed by atoms with Crippen molar-refractivity contribution in [1.82, 2.24) is 15.5 Å². The van der Waals surface area contributed by atoms with Crippen molar-refractivity contribution >= 4 is 23.8 Å². The maximum Gasteiger partial charge on any atom is 0.408 e. The van der Waals surface area contributed by atoms with Crippen molar-refractivity contribution in [3.8, 4) is 0 Å². The lowest BCUT2D eigenvalue weighted by Gasteiger charge is -2.43. The number of nitrogens with two attached hydrogens (primary N) is 1. The molecule has 38 heavy (non-hydrogen) atoms. The van der Waals surface area contributed by atoms with Crippen LogP contribution in [-0.2, 0) is 25.7 Å². The number of carbonyl (C=O) groups excluding carboxylic acids is 4. The smallest absolute Gasteiger partial charge is 0.408 e. The fourth-order valence-corrected chi connectivity index (χ4v) is 4.37. The standard InChI is InChI=1S/C29H38N4O5/c1-19-10-8-13-21(16-19)25(26(35)31-18-20-11-6-5-7-12-20)33(22-14-9-15-22)27(36)23(17-24(30)34)32-28(37)38-29(2,3)4/h5-8,10-13,16,22-23,25H,9,14-15,17-18H2,1-4H3,(H2,30,34)(H,31,35)(H,32,37). The first-order valence-corrected chi connectivity index (χ1v) is 12.9. The van der Waals surface area contributed by atoms with E-state index in [1.165, 1.54) is 4.90 Å². The molecule has 1 saturated carbocycles. The Morgan fingerprint density at radius 2 is 1.74 bits per heavy atom. The van der Waals surface area contributed by atoms with E-state index >= 15 is 0 Å². The number of carbonyl (C=O) groups is 4. The molecule has 0 radical (unpaired) electrons. The first kappa shape index (κ1) is 28.7. The normalized spacial score (nSPS) is 14.9. The maximum absolute atomic E-state index is 14.1. The van der Waals surface area contributed by atoms with Gasteiger partial charge in [0.15, 0.2) is 0 Å². The predicted octanol–water partition coefficient (Wildman–Crippen LogP) is 3.50. The summed E-state index contributed by atoms with van der Waals surface area (Å²) >= 11 is 0. The lowest BCUT2D eigenvalue weighted by Crippen LogP contribution is -2.58. The molecule has 2 unspecified atom stereocenters. The molecular formula is C29H38N4O5. The Bertz CT molecular complexity index is 1140. The van der Waals surface area contributed by atoms with Gasteiger partial charge in [-0.1, -0.05) is 60.2 Å². The van der Waals surface area contributed by atoms with E-state index in [0.717, 1.165) is 17.5 Å². The molecule has 2 aromatic carbocycles. The zero-order chi connectivity index (χ0) is 27.9. The highest BCUT2D eigenvalue weighted by molar-refractivity contribution is 5.94. The van der Waals surface area contributed by atoms with Crippen LogP contribution in [-0.4, -0.2) is 46.4 Å². The van der Waals surface area contributed by atoms with Crippen molar-refractivity contribution in [2.45, 2.75) is 83.6 Å². The Morgan fingerprint density at radius 3 is 2.29 bits per heavy atom. The monoisotopic (exact) mass is 522 g/mol. The topological polar surface area (TPSA) is 131 Å². The number of aryl methyl sites for hydroxylation is 1. The number of rotatable bonds is 10. The van der Waals surface area contributed by atoms with Crippen molar-refractivity contribution in [2.75, 3.05) is 0 Å². The van der Waals surface area contributed by atoms with Crippen LogP contribution in [0.3, 0.4) is 0 Å². The molecule has 0 aliphatic heterocycles. The molecule has 4 N–H and O–H groups in total. The highest BCUT2D eigenvalue weighted by Crippen LogP contribution is 2.34. The molecule has 9 nitrogen and oxygen atoms in total. The average molecular weight is 523 g/mol. The molecule has 2 atom stereocenters. The molecule has 3 rings (SSSR count). The summed E-state index contributed by atoms with van der Waals surface area (Å²) in [6.07, 6.45) is 1.05. The third-order valence-corrected chi connectivity index (χ3v) is 6.31. The highest BCUT2D eigenvalue weighted by atomic mass is 16.6. The zero-order valence-electron chi connectivity index (χ0n) is 22.5. The SMILES string of the molecule is Cc1cccc(C(C(=O)NCc2ccccc2)N(C(=O)C(CC(N)=O)NC(=O)OC(C)(C)C)C2CCC2)c1. The summed E-state index contributed by atoms with van der Waals surface area (Å²) in [5.74, 6) is -1.66. The second kappa shape index (κ2) is 12.6. The van der Waals surface area contributed by atoms with Crippen molar-refractivity contribution < 1.29 is 23.9 Å². The van der Waals surface area contributed by atoms with Gasteiger partial charge in [0.2, 0.25) is 17.7 Å². The fraction of sp³-hybridized carbons (Fsp3) is 0.448. The Labute approximate surface area is 224 Å². The molecule has 1 aliphatic rings. The quantitative estimate of drug-likeness (QED) is 0.440. The molecule has 204 valence electrons. The van der Waals surface area contributed by atoms with E-state index in [1.54, 1.807) is 20.8 Å². The number of amides is 4. The molecule has 0 heterocycles. The summed E-state index contributed by atoms with van der Waals surface area (Å²) in [6, 6.07) is 14.4. The summed E-state index contributed by atoms with van der Waals surface area (Å²) in [5.41, 5.74) is 7.15. The second-order valence-corrected chi connectivity index (χ2v) is 10.7. The van der Waals surface area contributed by atoms with E-state index < -0.39 is 42.0 Å². The Morgan fingerprint density at radius 1 is 1.05 bits per heavy atom. The third kappa shape index (κ3) is 8.06. The lowest BCUT2D eigenvalue weighted by molar-refractivity contribution is -0.148. The molecule has 0 aromatic heterocycles. The minimum atomic E-state index is -1.28. The van der Waals surface area contributed by atoms with Gasteiger partial charge in [-0.2, -0.15) is 0 Å². The number of nitrogens with one attached hydrogen (secondary N) is 2. The highest BCUT2D eigenvalue weighted by Gasteiger charge is 2.42. The molecule has 4 amide bonds. The summed E-state index contributed by atoms with van der Waals surface area (Å²) in [5, 5.41) is 5.49. The Hall–Kier alpha value is -3.88. The van der Waals surface area contributed by atoms with Gasteiger partial charge in [-0.3, -0.25) is 14.4 Å². The minimum Gasteiger partial charge on any atom is -0.444 e. The average Bonchev–Trinajstić information content (AvgIpc) is 2.79. The van der Waals surface area contributed by atoms with E-state index in [2.05, 4.69) is 10.6 Å². The van der Waals surface area contributed by atoms with Crippen LogP contribution in [0.4, 0.5) is 4.79 Å². The summed E-state index contributed by atoms with van der Waals surface area (Å²) in [4.78, 5) is 53.8. The molecule has 2 aromatic rings. The van der Waals surface area contributed by atoms with E-state index in [9.17, 15) is 19.2 Å². The molecule has 1 fully saturated rings. The van der Waals surface area contributed by atoms with Crippen LogP contribution in [0.15, 0.2) is 54.6 Å². The van der Waals surface area contributed by atoms with Crippen molar-refractivity contribution in [2.24, 2.45) is 5.73 Å². The number of nitrogens with zero attached hydrogens (tertiary/aromatic N) is 1. The Kier molecular flexibility index (Phi) is 9.50. The number of hydrogen-bond acceptors (Lipinski definition) is 5. The van der Waals surface area contributed by atoms with Gasteiger partial charge in [0.05, 0.1) is 6.42 Å². The lowest BCUT2D eigenvalue weighted by atomic mass is 9.87. The van der Waals surface area contributed by atoms with Gasteiger partial charge in [0, 0.05) is 12.6 Å². The van der Waals surface area contributed by atoms with Gasteiger partial charge in [0.1, 0.15) is 17.7 Å². The first-order chi connectivity index (χ1) is 17.9. The van der Waals surface area contributed by atoms with Gasteiger partial charge in [-0.15, -0.1) is 0 Å². The minimum absolute atomic E-state index is 0.230. The zero-order valence-corrected chi connectivity index (χ0v) is 22.5. The van der Waals surface area contributed by atoms with Crippen molar-refractivity contribution in [3.63, 3.8) is 0 Å². The van der Waals surface area contributed by atoms with Crippen LogP contribution >= 0.6 is 0 Å². The van der Waals surface area contributed by atoms with E-state index in [4.69, 9.17) is 10.5 Å². The molecule has 0 bridgehead atoms. The van der Waals surface area contributed by atoms with Gasteiger partial charge >= 0.3 is 6.09 Å². The van der Waals surface area contributed by atoms with E-state index in [1.807, 2.05) is 61.5 Å². The van der Waals surface area contributed by atoms with Crippen molar-refractivity contribution in [3.05, 3.63) is 71.3 Å². The third-order valence-electron chi connectivity index (χ3n) is 6.31. The molecular weight excluding hydrogens is 484 g/mol. The summed E-state index contributed by atoms with van der Waals surface area (Å²) in [7, 11) is 0. The van der Waals surface area contributed by atoms with E-state index in [-0.39, 0.29) is 18.5 Å². The fourth-order valence-electron chi connectivity index (χ4n) is 4.37. The number of alkyl carbamates (subject to hydrolysis) is 1. The van der Waals surface area contributed by atoms with Gasteiger partial charge in [0.25, 0.3) is 0 Å². The number of hydrogen-bond donors (Lipinski definition) is 3. The summed E-state index contributed by atoms with van der Waals surface area (Å²) in [6.45, 7) is 7.29. The van der Waals surface area contributed by atoms with Gasteiger partial charge < -0.3 is 26.0 Å². The molecule has 0 spiro atoms. The Balaban J connectivity index is 1.97. The van der Waals surface area contributed by atoms with Crippen LogP contribution in [0.2, 0.25) is 0 Å². The predicted molar refractivity (Wildman–Crippen MR) is 144 cm³/mol. The maximum atomic E-state index is 14.1. The van der Waals surface area contributed by atoms with Gasteiger partial charge in [-0.05, 0) is 58.1 Å². The van der Waals surface area contributed by atoms with Gasteiger partial charge in [-0.25, -0.2) is 4.79 Å². The van der Waals surface area contributed by atoms with E-state index in [0.29, 0.717) is 18.4 Å². The van der Waals surface area contributed by atoms with Crippen LogP contribution in [0.5, 0.6) is 0 Å². The molecule has 1 aliphatic carbocycles. The number of primary amides is 1.